The molecule has 1 aliphatic heterocycles. The van der Waals surface area contributed by atoms with Gasteiger partial charge in [-0.05, 0) is 30.5 Å². The van der Waals surface area contributed by atoms with Gasteiger partial charge in [0.05, 0.1) is 6.10 Å². The van der Waals surface area contributed by atoms with E-state index in [1.807, 2.05) is 0 Å². The van der Waals surface area contributed by atoms with Gasteiger partial charge < -0.3 is 14.4 Å². The second-order valence-corrected chi connectivity index (χ2v) is 12.2. The molecular weight excluding hydrogens is 258 g/mol. The molecule has 1 N–H and O–H groups in total. The van der Waals surface area contributed by atoms with Crippen LogP contribution in [0.2, 0.25) is 18.1 Å². The van der Waals surface area contributed by atoms with Crippen LogP contribution in [0, 0.1) is 5.92 Å². The Kier molecular flexibility index (Phi) is 4.73. The highest BCUT2D eigenvalue weighted by molar-refractivity contribution is 6.74. The van der Waals surface area contributed by atoms with Gasteiger partial charge >= 0.3 is 6.09 Å². The van der Waals surface area contributed by atoms with Crippen LogP contribution >= 0.6 is 0 Å². The van der Waals surface area contributed by atoms with Crippen LogP contribution in [0.1, 0.15) is 41.0 Å². The predicted octanol–water partition coefficient (Wildman–Crippen LogP) is 3.79. The van der Waals surface area contributed by atoms with E-state index in [1.165, 1.54) is 0 Å². The lowest BCUT2D eigenvalue weighted by Crippen LogP contribution is -2.44. The molecule has 1 heterocycles. The predicted molar refractivity (Wildman–Crippen MR) is 80.0 cm³/mol. The molecule has 0 aromatic carbocycles. The third kappa shape index (κ3) is 3.72. The molecule has 1 saturated heterocycles. The van der Waals surface area contributed by atoms with E-state index in [9.17, 15) is 9.90 Å². The van der Waals surface area contributed by atoms with E-state index in [0.29, 0.717) is 12.5 Å². The second kappa shape index (κ2) is 5.44. The summed E-state index contributed by atoms with van der Waals surface area (Å²) < 4.78 is 6.36. The van der Waals surface area contributed by atoms with E-state index >= 15 is 0 Å². The van der Waals surface area contributed by atoms with E-state index in [0.717, 1.165) is 6.42 Å². The number of likely N-dealkylation sites (tertiary alicyclic amines) is 1. The van der Waals surface area contributed by atoms with Crippen molar-refractivity contribution in [3.8, 4) is 0 Å². The summed E-state index contributed by atoms with van der Waals surface area (Å²) in [6, 6.07) is 0.0901. The third-order valence-electron chi connectivity index (χ3n) is 4.59. The molecule has 0 aromatic heterocycles. The Labute approximate surface area is 118 Å². The highest BCUT2D eigenvalue weighted by Gasteiger charge is 2.44. The molecule has 1 amide bonds. The Hall–Kier alpha value is -0.553. The van der Waals surface area contributed by atoms with Crippen molar-refractivity contribution in [2.45, 2.75) is 71.3 Å². The Morgan fingerprint density at radius 2 is 1.89 bits per heavy atom. The van der Waals surface area contributed by atoms with Crippen molar-refractivity contribution in [3.63, 3.8) is 0 Å². The Balaban J connectivity index is 2.76. The molecule has 0 bridgehead atoms. The number of carboxylic acid groups (broad SMARTS) is 1. The summed E-state index contributed by atoms with van der Waals surface area (Å²) in [7, 11) is -1.82. The molecule has 0 unspecified atom stereocenters. The van der Waals surface area contributed by atoms with Crippen LogP contribution in [0.25, 0.3) is 0 Å². The average Bonchev–Trinajstić information content (AvgIpc) is 2.59. The quantitative estimate of drug-likeness (QED) is 0.804. The molecule has 0 radical (unpaired) electrons. The topological polar surface area (TPSA) is 49.8 Å². The first-order valence-electron chi connectivity index (χ1n) is 7.13. The summed E-state index contributed by atoms with van der Waals surface area (Å²) in [5.41, 5.74) is 0. The number of nitrogens with zero attached hydrogens (tertiary/aromatic N) is 1. The lowest BCUT2D eigenvalue weighted by molar-refractivity contribution is 0.125. The normalized spacial score (nSPS) is 25.2. The van der Waals surface area contributed by atoms with Crippen molar-refractivity contribution in [1.82, 2.24) is 4.90 Å². The molecule has 1 aliphatic rings. The second-order valence-electron chi connectivity index (χ2n) is 7.48. The van der Waals surface area contributed by atoms with Crippen LogP contribution in [0.15, 0.2) is 0 Å². The van der Waals surface area contributed by atoms with Gasteiger partial charge in [-0.3, -0.25) is 0 Å². The van der Waals surface area contributed by atoms with Gasteiger partial charge in [0.2, 0.25) is 0 Å². The van der Waals surface area contributed by atoms with Crippen LogP contribution in [-0.4, -0.2) is 43.1 Å². The van der Waals surface area contributed by atoms with Gasteiger partial charge in [-0.25, -0.2) is 4.79 Å². The van der Waals surface area contributed by atoms with Gasteiger partial charge in [0.15, 0.2) is 8.32 Å². The summed E-state index contributed by atoms with van der Waals surface area (Å²) >= 11 is 0. The maximum Gasteiger partial charge on any atom is 0.407 e. The van der Waals surface area contributed by atoms with Crippen LogP contribution < -0.4 is 0 Å². The maximum atomic E-state index is 11.3. The molecule has 1 fully saturated rings. The molecule has 4 nitrogen and oxygen atoms in total. The largest absolute Gasteiger partial charge is 0.465 e. The van der Waals surface area contributed by atoms with E-state index in [4.69, 9.17) is 4.43 Å². The standard InChI is InChI=1S/C14H29NO3Si/c1-10(2)12-8-11(9-15(12)13(16)17)18-19(6,7)14(3,4)5/h10-12H,8-9H2,1-7H3,(H,16,17)/t11-,12+/m1/s1. The van der Waals surface area contributed by atoms with Gasteiger partial charge in [-0.2, -0.15) is 0 Å². The maximum absolute atomic E-state index is 11.3. The molecule has 0 spiro atoms. The Bertz CT molecular complexity index is 336. The number of carbonyl (C=O) groups is 1. The van der Waals surface area contributed by atoms with Gasteiger partial charge in [0.25, 0.3) is 0 Å². The van der Waals surface area contributed by atoms with Crippen LogP contribution in [-0.2, 0) is 4.43 Å². The number of hydrogen-bond acceptors (Lipinski definition) is 2. The zero-order valence-corrected chi connectivity index (χ0v) is 14.4. The van der Waals surface area contributed by atoms with Crippen LogP contribution in [0.4, 0.5) is 4.79 Å². The van der Waals surface area contributed by atoms with E-state index in [2.05, 4.69) is 47.7 Å². The first kappa shape index (κ1) is 16.5. The minimum absolute atomic E-state index is 0.0596. The fraction of sp³-hybridized carbons (Fsp3) is 0.929. The molecule has 5 heteroatoms. The summed E-state index contributed by atoms with van der Waals surface area (Å²) in [5, 5.41) is 9.45. The summed E-state index contributed by atoms with van der Waals surface area (Å²) in [6.07, 6.45) is 0.0700. The Morgan fingerprint density at radius 3 is 2.21 bits per heavy atom. The number of amides is 1. The van der Waals surface area contributed by atoms with Crippen molar-refractivity contribution >= 4 is 14.4 Å². The first-order chi connectivity index (χ1) is 8.45. The SMILES string of the molecule is CC(C)[C@@H]1C[C@@H](O[Si](C)(C)C(C)(C)C)CN1C(=O)O. The van der Waals surface area contributed by atoms with Gasteiger partial charge in [0.1, 0.15) is 0 Å². The molecule has 0 saturated carbocycles. The molecule has 1 rings (SSSR count). The monoisotopic (exact) mass is 287 g/mol. The third-order valence-corrected chi connectivity index (χ3v) is 9.12. The van der Waals surface area contributed by atoms with Crippen LogP contribution in [0.3, 0.4) is 0 Å². The first-order valence-corrected chi connectivity index (χ1v) is 10.0. The van der Waals surface area contributed by atoms with Gasteiger partial charge in [-0.1, -0.05) is 34.6 Å². The van der Waals surface area contributed by atoms with Gasteiger partial charge in [0, 0.05) is 12.6 Å². The number of hydrogen-bond donors (Lipinski definition) is 1. The fourth-order valence-electron chi connectivity index (χ4n) is 2.36. The highest BCUT2D eigenvalue weighted by Crippen LogP contribution is 2.39. The molecule has 19 heavy (non-hydrogen) atoms. The fourth-order valence-corrected chi connectivity index (χ4v) is 3.71. The van der Waals surface area contributed by atoms with Crippen molar-refractivity contribution in [2.24, 2.45) is 5.92 Å². The van der Waals surface area contributed by atoms with Crippen molar-refractivity contribution in [1.29, 1.82) is 0 Å². The summed E-state index contributed by atoms with van der Waals surface area (Å²) in [5.74, 6) is 0.337. The van der Waals surface area contributed by atoms with E-state index in [-0.39, 0.29) is 17.2 Å². The smallest absolute Gasteiger partial charge is 0.407 e. The van der Waals surface area contributed by atoms with E-state index < -0.39 is 14.4 Å². The lowest BCUT2D eigenvalue weighted by atomic mass is 10.0. The minimum Gasteiger partial charge on any atom is -0.465 e. The lowest BCUT2D eigenvalue weighted by Gasteiger charge is -2.38. The zero-order valence-electron chi connectivity index (χ0n) is 13.4. The van der Waals surface area contributed by atoms with Gasteiger partial charge in [-0.15, -0.1) is 0 Å². The molecule has 2 atom stereocenters. The van der Waals surface area contributed by atoms with Crippen molar-refractivity contribution < 1.29 is 14.3 Å². The summed E-state index contributed by atoms with van der Waals surface area (Å²) in [6.45, 7) is 15.8. The number of rotatable bonds is 3. The average molecular weight is 287 g/mol. The van der Waals surface area contributed by atoms with E-state index in [1.54, 1.807) is 4.90 Å². The molecule has 0 aromatic rings. The van der Waals surface area contributed by atoms with Crippen molar-refractivity contribution in [3.05, 3.63) is 0 Å². The minimum atomic E-state index is -1.82. The molecular formula is C14H29NO3Si. The molecule has 0 aliphatic carbocycles. The van der Waals surface area contributed by atoms with Crippen LogP contribution in [0.5, 0.6) is 0 Å². The highest BCUT2D eigenvalue weighted by atomic mass is 28.4. The molecule has 112 valence electrons. The zero-order chi connectivity index (χ0) is 15.0. The van der Waals surface area contributed by atoms with Crippen molar-refractivity contribution in [2.75, 3.05) is 6.54 Å². The summed E-state index contributed by atoms with van der Waals surface area (Å²) in [4.78, 5) is 12.9. The Morgan fingerprint density at radius 1 is 1.37 bits per heavy atom.